The Morgan fingerprint density at radius 3 is 1.90 bits per heavy atom. The molecule has 2 atom stereocenters. The van der Waals surface area contributed by atoms with Crippen LogP contribution in [0.15, 0.2) is 0 Å². The van der Waals surface area contributed by atoms with Crippen LogP contribution >= 0.6 is 22.1 Å². The van der Waals surface area contributed by atoms with Gasteiger partial charge >= 0.3 is 0 Å². The molecule has 0 aromatic heterocycles. The molecular formula is C6H10O2S2. The van der Waals surface area contributed by atoms with Crippen LogP contribution < -0.4 is 0 Å². The molecule has 0 bridgehead atoms. The Morgan fingerprint density at radius 2 is 1.40 bits per heavy atom. The second-order valence-electron chi connectivity index (χ2n) is 2.69. The largest absolute Gasteiger partial charge is 0.297 e. The molecule has 0 spiro atoms. The molecule has 1 aliphatic heterocycles. The first-order valence-corrected chi connectivity index (χ1v) is 5.62. The summed E-state index contributed by atoms with van der Waals surface area (Å²) in [6, 6.07) is 0. The normalized spacial score (nSPS) is 40.8. The van der Waals surface area contributed by atoms with Gasteiger partial charge in [-0.05, 0) is 12.8 Å². The number of hydrogen-bond acceptors (Lipinski definition) is 4. The summed E-state index contributed by atoms with van der Waals surface area (Å²) in [5.41, 5.74) is 0. The van der Waals surface area contributed by atoms with Crippen LogP contribution in [0.4, 0.5) is 0 Å². The average molecular weight is 178 g/mol. The van der Waals surface area contributed by atoms with Gasteiger partial charge in [0.2, 0.25) is 0 Å². The topological polar surface area (TPSA) is 18.5 Å². The van der Waals surface area contributed by atoms with Gasteiger partial charge in [-0.15, -0.1) is 0 Å². The first kappa shape index (κ1) is 7.28. The molecule has 2 nitrogen and oxygen atoms in total. The van der Waals surface area contributed by atoms with E-state index in [1.54, 1.807) is 0 Å². The molecule has 0 N–H and O–H groups in total. The van der Waals surface area contributed by atoms with E-state index < -0.39 is 0 Å². The molecule has 58 valence electrons. The van der Waals surface area contributed by atoms with Gasteiger partial charge in [-0.2, -0.15) is 0 Å². The SMILES string of the molecule is C1CCC2OSSOC2C1. The van der Waals surface area contributed by atoms with E-state index in [0.29, 0.717) is 12.2 Å². The molecule has 2 fully saturated rings. The van der Waals surface area contributed by atoms with Gasteiger partial charge in [0.15, 0.2) is 0 Å². The third-order valence-corrected chi connectivity index (χ3v) is 3.34. The summed E-state index contributed by atoms with van der Waals surface area (Å²) in [4.78, 5) is 0. The lowest BCUT2D eigenvalue weighted by molar-refractivity contribution is 0.0440. The number of fused-ring (bicyclic) bond motifs is 1. The minimum Gasteiger partial charge on any atom is -0.297 e. The molecule has 1 heterocycles. The molecular weight excluding hydrogens is 168 g/mol. The standard InChI is InChI=1S/C6H10O2S2/c1-2-4-6-5(3-1)7-9-10-8-6/h5-6H,1-4H2. The van der Waals surface area contributed by atoms with Gasteiger partial charge in [-0.1, -0.05) is 12.8 Å². The molecule has 4 heteroatoms. The van der Waals surface area contributed by atoms with Crippen molar-refractivity contribution in [2.24, 2.45) is 0 Å². The Hall–Kier alpha value is 0.620. The first-order chi connectivity index (χ1) is 4.97. The highest BCUT2D eigenvalue weighted by atomic mass is 33.1. The molecule has 10 heavy (non-hydrogen) atoms. The van der Waals surface area contributed by atoms with Crippen LogP contribution in [-0.2, 0) is 8.37 Å². The molecule has 1 saturated carbocycles. The van der Waals surface area contributed by atoms with Gasteiger partial charge in [0.1, 0.15) is 12.2 Å². The predicted octanol–water partition coefficient (Wildman–Crippen LogP) is 2.56. The minimum absolute atomic E-state index is 0.375. The van der Waals surface area contributed by atoms with Crippen molar-refractivity contribution in [3.63, 3.8) is 0 Å². The Balaban J connectivity index is 1.93. The van der Waals surface area contributed by atoms with Crippen molar-refractivity contribution >= 4 is 22.1 Å². The van der Waals surface area contributed by atoms with E-state index in [-0.39, 0.29) is 0 Å². The minimum atomic E-state index is 0.375. The Bertz CT molecular complexity index is 94.3. The summed E-state index contributed by atoms with van der Waals surface area (Å²) in [5, 5.41) is 0. The van der Waals surface area contributed by atoms with E-state index in [2.05, 4.69) is 0 Å². The average Bonchev–Trinajstić information content (AvgIpc) is 2.05. The maximum Gasteiger partial charge on any atom is 0.101 e. The van der Waals surface area contributed by atoms with Crippen molar-refractivity contribution in [2.75, 3.05) is 0 Å². The van der Waals surface area contributed by atoms with E-state index in [1.165, 1.54) is 47.8 Å². The third kappa shape index (κ3) is 1.44. The lowest BCUT2D eigenvalue weighted by Gasteiger charge is -2.32. The van der Waals surface area contributed by atoms with Crippen molar-refractivity contribution in [1.82, 2.24) is 0 Å². The zero-order chi connectivity index (χ0) is 6.81. The van der Waals surface area contributed by atoms with E-state index in [4.69, 9.17) is 8.37 Å². The predicted molar refractivity (Wildman–Crippen MR) is 43.4 cm³/mol. The fourth-order valence-corrected chi connectivity index (χ4v) is 2.92. The van der Waals surface area contributed by atoms with Crippen LogP contribution in [0.2, 0.25) is 0 Å². The molecule has 2 unspecified atom stereocenters. The van der Waals surface area contributed by atoms with Crippen LogP contribution in [0.25, 0.3) is 0 Å². The van der Waals surface area contributed by atoms with Gasteiger partial charge in [-0.25, -0.2) is 0 Å². The van der Waals surface area contributed by atoms with Crippen molar-refractivity contribution in [2.45, 2.75) is 37.9 Å². The van der Waals surface area contributed by atoms with Crippen LogP contribution in [0.1, 0.15) is 25.7 Å². The first-order valence-electron chi connectivity index (χ1n) is 3.62. The summed E-state index contributed by atoms with van der Waals surface area (Å²) >= 11 is 2.75. The highest BCUT2D eigenvalue weighted by molar-refractivity contribution is 8.73. The van der Waals surface area contributed by atoms with Crippen molar-refractivity contribution in [3.05, 3.63) is 0 Å². The van der Waals surface area contributed by atoms with E-state index in [9.17, 15) is 0 Å². The molecule has 0 radical (unpaired) electrons. The quantitative estimate of drug-likeness (QED) is 0.419. The highest BCUT2D eigenvalue weighted by Crippen LogP contribution is 2.40. The molecule has 0 aromatic rings. The zero-order valence-electron chi connectivity index (χ0n) is 5.62. The molecule has 0 aromatic carbocycles. The fourth-order valence-electron chi connectivity index (χ4n) is 1.42. The summed E-state index contributed by atoms with van der Waals surface area (Å²) in [7, 11) is 0. The van der Waals surface area contributed by atoms with Gasteiger partial charge < -0.3 is 0 Å². The van der Waals surface area contributed by atoms with Gasteiger partial charge in [-0.3, -0.25) is 8.37 Å². The second-order valence-corrected chi connectivity index (χ2v) is 4.16. The van der Waals surface area contributed by atoms with Crippen LogP contribution in [-0.4, -0.2) is 12.2 Å². The van der Waals surface area contributed by atoms with E-state index in [0.717, 1.165) is 0 Å². The van der Waals surface area contributed by atoms with Gasteiger partial charge in [0.25, 0.3) is 0 Å². The Kier molecular flexibility index (Phi) is 2.43. The van der Waals surface area contributed by atoms with Crippen LogP contribution in [0, 0.1) is 0 Å². The fraction of sp³-hybridized carbons (Fsp3) is 1.00. The third-order valence-electron chi connectivity index (χ3n) is 2.00. The van der Waals surface area contributed by atoms with Crippen molar-refractivity contribution in [1.29, 1.82) is 0 Å². The monoisotopic (exact) mass is 178 g/mol. The van der Waals surface area contributed by atoms with Crippen molar-refractivity contribution < 1.29 is 8.37 Å². The Labute approximate surface area is 68.8 Å². The van der Waals surface area contributed by atoms with E-state index >= 15 is 0 Å². The van der Waals surface area contributed by atoms with Gasteiger partial charge in [0, 0.05) is 0 Å². The van der Waals surface area contributed by atoms with Crippen LogP contribution in [0.3, 0.4) is 0 Å². The maximum atomic E-state index is 5.44. The molecule has 2 rings (SSSR count). The second kappa shape index (κ2) is 3.34. The summed E-state index contributed by atoms with van der Waals surface area (Å²) in [6.45, 7) is 0. The van der Waals surface area contributed by atoms with Crippen LogP contribution in [0.5, 0.6) is 0 Å². The molecule has 0 amide bonds. The molecule has 1 aliphatic carbocycles. The lowest BCUT2D eigenvalue weighted by atomic mass is 9.95. The molecule has 1 saturated heterocycles. The van der Waals surface area contributed by atoms with E-state index in [1.807, 2.05) is 0 Å². The molecule has 2 aliphatic rings. The number of hydrogen-bond donors (Lipinski definition) is 0. The zero-order valence-corrected chi connectivity index (χ0v) is 7.25. The Morgan fingerprint density at radius 1 is 0.900 bits per heavy atom. The lowest BCUT2D eigenvalue weighted by Crippen LogP contribution is -2.33. The summed E-state index contributed by atoms with van der Waals surface area (Å²) in [6.07, 6.45) is 5.71. The summed E-state index contributed by atoms with van der Waals surface area (Å²) in [5.74, 6) is 0. The number of rotatable bonds is 0. The summed E-state index contributed by atoms with van der Waals surface area (Å²) < 4.78 is 10.9. The highest BCUT2D eigenvalue weighted by Gasteiger charge is 2.30. The van der Waals surface area contributed by atoms with Gasteiger partial charge in [0.05, 0.1) is 22.1 Å². The smallest absolute Gasteiger partial charge is 0.101 e. The maximum absolute atomic E-state index is 5.44. The van der Waals surface area contributed by atoms with Crippen molar-refractivity contribution in [3.8, 4) is 0 Å².